The van der Waals surface area contributed by atoms with Gasteiger partial charge in [-0.05, 0) is 30.0 Å². The van der Waals surface area contributed by atoms with Gasteiger partial charge in [-0.3, -0.25) is 14.9 Å². The van der Waals surface area contributed by atoms with Crippen molar-refractivity contribution >= 4 is 32.8 Å². The first kappa shape index (κ1) is 31.5. The summed E-state index contributed by atoms with van der Waals surface area (Å²) in [4.78, 5) is 36.0. The third-order valence-electron chi connectivity index (χ3n) is 6.63. The number of amides is 1. The van der Waals surface area contributed by atoms with Crippen LogP contribution in [0.1, 0.15) is 19.4 Å². The van der Waals surface area contributed by atoms with E-state index in [9.17, 15) is 28.4 Å². The van der Waals surface area contributed by atoms with Crippen LogP contribution in [0.2, 0.25) is 0 Å². The number of hydrogen-bond acceptors (Lipinski definition) is 10. The van der Waals surface area contributed by atoms with Gasteiger partial charge < -0.3 is 19.7 Å². The maximum atomic E-state index is 13.6. The molecule has 0 spiro atoms. The minimum atomic E-state index is -4.14. The summed E-state index contributed by atoms with van der Waals surface area (Å²) in [6.45, 7) is 3.24. The van der Waals surface area contributed by atoms with E-state index < -0.39 is 33.0 Å². The molecule has 4 rings (SSSR count). The van der Waals surface area contributed by atoms with E-state index >= 15 is 0 Å². The highest BCUT2D eigenvalue weighted by molar-refractivity contribution is 7.89. The van der Waals surface area contributed by atoms with Crippen molar-refractivity contribution in [1.29, 1.82) is 0 Å². The number of aliphatic hydroxyl groups is 1. The van der Waals surface area contributed by atoms with Crippen LogP contribution in [0.3, 0.4) is 0 Å². The van der Waals surface area contributed by atoms with Crippen LogP contribution < -0.4 is 10.1 Å². The van der Waals surface area contributed by atoms with Gasteiger partial charge in [0.25, 0.3) is 5.69 Å². The third kappa shape index (κ3) is 7.68. The molecule has 2 N–H and O–H groups in total. The first-order valence-electron chi connectivity index (χ1n) is 13.4. The number of sulfonamides is 1. The van der Waals surface area contributed by atoms with E-state index in [2.05, 4.69) is 20.3 Å². The van der Waals surface area contributed by atoms with Gasteiger partial charge in [0.15, 0.2) is 11.2 Å². The van der Waals surface area contributed by atoms with Crippen LogP contribution in [0.4, 0.5) is 5.69 Å². The molecule has 2 aromatic carbocycles. The van der Waals surface area contributed by atoms with Gasteiger partial charge in [0.2, 0.25) is 21.8 Å². The number of nitrogens with one attached hydrogen (secondary N) is 1. The number of rotatable bonds is 14. The quantitative estimate of drug-likeness (QED) is 0.158. The number of non-ortho nitro benzene ring substituents is 1. The number of fused-ring (bicyclic) bond motifs is 1. The average Bonchev–Trinajstić information content (AvgIpc) is 3.39. The summed E-state index contributed by atoms with van der Waals surface area (Å²) in [6, 6.07) is 12.9. The summed E-state index contributed by atoms with van der Waals surface area (Å²) < 4.78 is 35.1. The van der Waals surface area contributed by atoms with Gasteiger partial charge in [-0.25, -0.2) is 18.4 Å². The number of nitrogens with zero attached hydrogens (tertiary/aromatic N) is 6. The Balaban J connectivity index is 1.58. The number of imidazole rings is 1. The molecule has 43 heavy (non-hydrogen) atoms. The van der Waals surface area contributed by atoms with Crippen molar-refractivity contribution in [1.82, 2.24) is 29.1 Å². The maximum Gasteiger partial charge on any atom is 0.269 e. The molecule has 2 atom stereocenters. The van der Waals surface area contributed by atoms with Gasteiger partial charge in [-0.1, -0.05) is 44.2 Å². The van der Waals surface area contributed by atoms with E-state index in [-0.39, 0.29) is 48.4 Å². The number of ether oxygens (including phenoxy) is 1. The monoisotopic (exact) mass is 611 g/mol. The predicted octanol–water partition coefficient (Wildman–Crippen LogP) is 2.18. The molecule has 0 bridgehead atoms. The lowest BCUT2D eigenvalue weighted by molar-refractivity contribution is -0.384. The highest BCUT2D eigenvalue weighted by Crippen LogP contribution is 2.22. The lowest BCUT2D eigenvalue weighted by Gasteiger charge is -2.30. The Bertz CT molecular complexity index is 1660. The average molecular weight is 612 g/mol. The molecule has 0 aliphatic carbocycles. The number of aliphatic hydroxyl groups excluding tert-OH is 1. The molecule has 0 aliphatic heterocycles. The Hall–Kier alpha value is -4.47. The summed E-state index contributed by atoms with van der Waals surface area (Å²) in [5, 5.41) is 25.3. The molecule has 4 aromatic rings. The molecule has 0 saturated heterocycles. The van der Waals surface area contributed by atoms with Crippen LogP contribution in [0, 0.1) is 16.0 Å². The number of nitro benzene ring substituents is 1. The molecule has 1 amide bonds. The number of carbonyl (C=O) groups is 1. The fourth-order valence-corrected chi connectivity index (χ4v) is 6.21. The predicted molar refractivity (Wildman–Crippen MR) is 157 cm³/mol. The van der Waals surface area contributed by atoms with E-state index in [1.165, 1.54) is 36.5 Å². The largest absolute Gasteiger partial charge is 0.479 e. The van der Waals surface area contributed by atoms with Crippen LogP contribution in [-0.2, 0) is 27.8 Å². The van der Waals surface area contributed by atoms with E-state index in [0.717, 1.165) is 22.0 Å². The van der Waals surface area contributed by atoms with Crippen LogP contribution >= 0.6 is 0 Å². The van der Waals surface area contributed by atoms with Crippen molar-refractivity contribution < 1.29 is 28.0 Å². The van der Waals surface area contributed by atoms with Gasteiger partial charge in [0.1, 0.15) is 12.9 Å². The Labute approximate surface area is 248 Å². The number of carbonyl (C=O) groups excluding carboxylic acids is 1. The summed E-state index contributed by atoms with van der Waals surface area (Å²) in [7, 11) is -2.69. The summed E-state index contributed by atoms with van der Waals surface area (Å²) in [6.07, 6.45) is 1.65. The van der Waals surface area contributed by atoms with Gasteiger partial charge in [-0.2, -0.15) is 9.29 Å². The van der Waals surface area contributed by atoms with Gasteiger partial charge in [0, 0.05) is 25.2 Å². The van der Waals surface area contributed by atoms with Crippen molar-refractivity contribution in [2.24, 2.45) is 5.92 Å². The molecule has 0 unspecified atom stereocenters. The standard InChI is InChI=1S/C28H33N7O7S/c1-19(2)14-34(43(40,41)22-11-9-21(10-12-22)35(38)39)15-24(36)23(13-20-7-5-4-6-8-20)32-25(37)16-33-18-31-26-27(33)29-17-30-28(26)42-3/h4-12,17-19,23-24,36H,13-16H2,1-3H3,(H,32,37)/t23-,24+/m0/s1. The zero-order chi connectivity index (χ0) is 31.1. The van der Waals surface area contributed by atoms with Gasteiger partial charge in [-0.15, -0.1) is 0 Å². The number of methoxy groups -OCH3 is 1. The zero-order valence-electron chi connectivity index (χ0n) is 23.9. The summed E-state index contributed by atoms with van der Waals surface area (Å²) >= 11 is 0. The smallest absolute Gasteiger partial charge is 0.269 e. The van der Waals surface area contributed by atoms with Crippen molar-refractivity contribution in [2.45, 2.75) is 43.9 Å². The minimum Gasteiger partial charge on any atom is -0.479 e. The van der Waals surface area contributed by atoms with Crippen LogP contribution in [0.5, 0.6) is 5.88 Å². The Morgan fingerprint density at radius 3 is 2.42 bits per heavy atom. The molecule has 0 aliphatic rings. The molecular weight excluding hydrogens is 578 g/mol. The fraction of sp³-hybridized carbons (Fsp3) is 0.357. The van der Waals surface area contributed by atoms with E-state index in [0.29, 0.717) is 11.2 Å². The number of nitro groups is 1. The highest BCUT2D eigenvalue weighted by Gasteiger charge is 2.32. The van der Waals surface area contributed by atoms with Crippen molar-refractivity contribution in [3.63, 3.8) is 0 Å². The second-order valence-corrected chi connectivity index (χ2v) is 12.3. The summed E-state index contributed by atoms with van der Waals surface area (Å²) in [5.74, 6) is -0.290. The molecule has 228 valence electrons. The topological polar surface area (TPSA) is 183 Å². The normalized spacial score (nSPS) is 13.3. The Kier molecular flexibility index (Phi) is 10.0. The number of aromatic nitrogens is 4. The molecule has 2 aromatic heterocycles. The van der Waals surface area contributed by atoms with Crippen LogP contribution in [-0.4, -0.2) is 80.5 Å². The molecule has 14 nitrogen and oxygen atoms in total. The van der Waals surface area contributed by atoms with E-state index in [1.54, 1.807) is 0 Å². The SMILES string of the molecule is COc1ncnc2c1ncn2CC(=O)N[C@@H](Cc1ccccc1)[C@H](O)CN(CC(C)C)S(=O)(=O)c1ccc([N+](=O)[O-])cc1. The molecular formula is C28H33N7O7S. The van der Waals surface area contributed by atoms with E-state index in [1.807, 2.05) is 44.2 Å². The lowest BCUT2D eigenvalue weighted by atomic mass is 10.0. The molecule has 0 saturated carbocycles. The molecule has 0 radical (unpaired) electrons. The maximum absolute atomic E-state index is 13.6. The third-order valence-corrected chi connectivity index (χ3v) is 8.47. The Morgan fingerprint density at radius 2 is 1.79 bits per heavy atom. The first-order chi connectivity index (χ1) is 20.5. The highest BCUT2D eigenvalue weighted by atomic mass is 32.2. The van der Waals surface area contributed by atoms with Crippen molar-refractivity contribution in [3.05, 3.63) is 82.9 Å². The zero-order valence-corrected chi connectivity index (χ0v) is 24.7. The second kappa shape index (κ2) is 13.7. The van der Waals surface area contributed by atoms with Crippen molar-refractivity contribution in [2.75, 3.05) is 20.2 Å². The fourth-order valence-electron chi connectivity index (χ4n) is 4.59. The van der Waals surface area contributed by atoms with Crippen LogP contribution in [0.15, 0.2) is 72.1 Å². The van der Waals surface area contributed by atoms with Crippen LogP contribution in [0.25, 0.3) is 11.2 Å². The van der Waals surface area contributed by atoms with Gasteiger partial charge in [0.05, 0.1) is 35.4 Å². The molecule has 15 heteroatoms. The Morgan fingerprint density at radius 1 is 1.09 bits per heavy atom. The second-order valence-electron chi connectivity index (χ2n) is 10.3. The number of hydrogen-bond donors (Lipinski definition) is 2. The van der Waals surface area contributed by atoms with Gasteiger partial charge >= 0.3 is 0 Å². The lowest BCUT2D eigenvalue weighted by Crippen LogP contribution is -2.51. The minimum absolute atomic E-state index is 0.0744. The van der Waals surface area contributed by atoms with Crippen molar-refractivity contribution in [3.8, 4) is 5.88 Å². The summed E-state index contributed by atoms with van der Waals surface area (Å²) in [5.41, 5.74) is 1.36. The van der Waals surface area contributed by atoms with E-state index in [4.69, 9.17) is 4.74 Å². The number of benzene rings is 2. The first-order valence-corrected chi connectivity index (χ1v) is 14.9. The molecule has 0 fully saturated rings. The molecule has 2 heterocycles.